The highest BCUT2D eigenvalue weighted by Gasteiger charge is 2.04. The summed E-state index contributed by atoms with van der Waals surface area (Å²) in [4.78, 5) is 23.2. The van der Waals surface area contributed by atoms with Crippen LogP contribution in [0, 0.1) is 0 Å². The van der Waals surface area contributed by atoms with Crippen LogP contribution in [0.3, 0.4) is 0 Å². The fourth-order valence-electron chi connectivity index (χ4n) is 1.76. The first-order valence-electron chi connectivity index (χ1n) is 6.41. The maximum atomic E-state index is 11.8. The van der Waals surface area contributed by atoms with Crippen molar-refractivity contribution in [3.63, 3.8) is 0 Å². The molecule has 0 aromatic heterocycles. The lowest BCUT2D eigenvalue weighted by Gasteiger charge is -2.02. The van der Waals surface area contributed by atoms with E-state index in [9.17, 15) is 9.59 Å². The molecule has 0 saturated carbocycles. The quantitative estimate of drug-likeness (QED) is 0.692. The molecule has 0 aliphatic rings. The molecule has 0 fully saturated rings. The van der Waals surface area contributed by atoms with Crippen LogP contribution in [-0.4, -0.2) is 19.0 Å². The van der Waals surface area contributed by atoms with Crippen molar-refractivity contribution in [3.8, 4) is 0 Å². The Morgan fingerprint density at radius 3 is 2.52 bits per heavy atom. The monoisotopic (exact) mass is 281 g/mol. The minimum atomic E-state index is -0.404. The molecule has 0 heterocycles. The number of ether oxygens (including phenoxy) is 1. The van der Waals surface area contributed by atoms with Crippen LogP contribution < -0.4 is 5.32 Å². The fourth-order valence-corrected chi connectivity index (χ4v) is 1.76. The summed E-state index contributed by atoms with van der Waals surface area (Å²) >= 11 is 0. The standard InChI is InChI=1S/C17H15NO3/c1-21-17(20)14-7-5-6-13(12-14)10-11-16(19)18-15-8-3-2-4-9-15/h2-12H,1H3,(H,18,19)/b11-10+. The molecule has 1 N–H and O–H groups in total. The Morgan fingerprint density at radius 2 is 1.81 bits per heavy atom. The Bertz CT molecular complexity index is 663. The Balaban J connectivity index is 2.04. The van der Waals surface area contributed by atoms with E-state index in [1.54, 1.807) is 30.3 Å². The zero-order valence-electron chi connectivity index (χ0n) is 11.6. The van der Waals surface area contributed by atoms with Crippen molar-refractivity contribution in [2.45, 2.75) is 0 Å². The van der Waals surface area contributed by atoms with Gasteiger partial charge in [-0.3, -0.25) is 4.79 Å². The van der Waals surface area contributed by atoms with Gasteiger partial charge in [-0.25, -0.2) is 4.79 Å². The van der Waals surface area contributed by atoms with Gasteiger partial charge in [-0.05, 0) is 35.9 Å². The van der Waals surface area contributed by atoms with Crippen LogP contribution in [0.15, 0.2) is 60.7 Å². The summed E-state index contributed by atoms with van der Waals surface area (Å²) < 4.78 is 4.65. The molecule has 4 heteroatoms. The molecule has 0 atom stereocenters. The molecule has 1 amide bonds. The third-order valence-corrected chi connectivity index (χ3v) is 2.78. The zero-order valence-corrected chi connectivity index (χ0v) is 11.6. The summed E-state index contributed by atoms with van der Waals surface area (Å²) in [7, 11) is 1.33. The summed E-state index contributed by atoms with van der Waals surface area (Å²) in [6.07, 6.45) is 3.06. The first kappa shape index (κ1) is 14.5. The number of anilines is 1. The number of para-hydroxylation sites is 1. The molecule has 21 heavy (non-hydrogen) atoms. The predicted octanol–water partition coefficient (Wildman–Crippen LogP) is 3.13. The topological polar surface area (TPSA) is 55.4 Å². The highest BCUT2D eigenvalue weighted by atomic mass is 16.5. The number of methoxy groups -OCH3 is 1. The van der Waals surface area contributed by atoms with Crippen LogP contribution in [0.1, 0.15) is 15.9 Å². The maximum absolute atomic E-state index is 11.8. The van der Waals surface area contributed by atoms with Crippen molar-refractivity contribution in [2.75, 3.05) is 12.4 Å². The molecule has 0 unspecified atom stereocenters. The van der Waals surface area contributed by atoms with Crippen LogP contribution >= 0.6 is 0 Å². The van der Waals surface area contributed by atoms with Gasteiger partial charge < -0.3 is 10.1 Å². The third kappa shape index (κ3) is 4.31. The molecule has 2 aromatic rings. The molecule has 2 rings (SSSR count). The molecule has 0 spiro atoms. The number of carbonyl (C=O) groups excluding carboxylic acids is 2. The van der Waals surface area contributed by atoms with Crippen molar-refractivity contribution >= 4 is 23.6 Å². The average Bonchev–Trinajstić information content (AvgIpc) is 2.53. The number of amides is 1. The van der Waals surface area contributed by atoms with Gasteiger partial charge >= 0.3 is 5.97 Å². The smallest absolute Gasteiger partial charge is 0.337 e. The van der Waals surface area contributed by atoms with E-state index in [4.69, 9.17) is 0 Å². The highest BCUT2D eigenvalue weighted by molar-refractivity contribution is 6.02. The average molecular weight is 281 g/mol. The van der Waals surface area contributed by atoms with Crippen molar-refractivity contribution in [3.05, 3.63) is 71.8 Å². The maximum Gasteiger partial charge on any atom is 0.337 e. The van der Waals surface area contributed by atoms with E-state index in [0.29, 0.717) is 5.56 Å². The van der Waals surface area contributed by atoms with Crippen LogP contribution in [0.2, 0.25) is 0 Å². The molecule has 4 nitrogen and oxygen atoms in total. The largest absolute Gasteiger partial charge is 0.465 e. The lowest BCUT2D eigenvalue weighted by molar-refractivity contribution is -0.111. The second kappa shape index (κ2) is 7.05. The second-order valence-corrected chi connectivity index (χ2v) is 4.31. The molecular formula is C17H15NO3. The predicted molar refractivity (Wildman–Crippen MR) is 81.9 cm³/mol. The van der Waals surface area contributed by atoms with Crippen LogP contribution in [0.4, 0.5) is 5.69 Å². The van der Waals surface area contributed by atoms with Gasteiger partial charge in [-0.1, -0.05) is 30.3 Å². The molecule has 0 saturated heterocycles. The van der Waals surface area contributed by atoms with E-state index in [2.05, 4.69) is 10.1 Å². The van der Waals surface area contributed by atoms with Gasteiger partial charge in [-0.2, -0.15) is 0 Å². The Labute approximate surface area is 123 Å². The molecule has 0 aliphatic heterocycles. The Morgan fingerprint density at radius 1 is 1.05 bits per heavy atom. The molecule has 0 radical (unpaired) electrons. The van der Waals surface area contributed by atoms with E-state index in [1.807, 2.05) is 30.3 Å². The van der Waals surface area contributed by atoms with Crippen molar-refractivity contribution in [2.24, 2.45) is 0 Å². The summed E-state index contributed by atoms with van der Waals surface area (Å²) in [6, 6.07) is 16.1. The van der Waals surface area contributed by atoms with Crippen molar-refractivity contribution in [1.29, 1.82) is 0 Å². The lowest BCUT2D eigenvalue weighted by Crippen LogP contribution is -2.07. The van der Waals surface area contributed by atoms with Gasteiger partial charge in [0.05, 0.1) is 12.7 Å². The zero-order chi connectivity index (χ0) is 15.1. The second-order valence-electron chi connectivity index (χ2n) is 4.31. The lowest BCUT2D eigenvalue weighted by atomic mass is 10.1. The van der Waals surface area contributed by atoms with Gasteiger partial charge in [0.15, 0.2) is 0 Å². The van der Waals surface area contributed by atoms with E-state index < -0.39 is 5.97 Å². The van der Waals surface area contributed by atoms with E-state index in [-0.39, 0.29) is 5.91 Å². The summed E-state index contributed by atoms with van der Waals surface area (Å²) in [5, 5.41) is 2.74. The van der Waals surface area contributed by atoms with Crippen molar-refractivity contribution in [1.82, 2.24) is 0 Å². The number of carbonyl (C=O) groups is 2. The van der Waals surface area contributed by atoms with Crippen molar-refractivity contribution < 1.29 is 14.3 Å². The minimum absolute atomic E-state index is 0.232. The van der Waals surface area contributed by atoms with Gasteiger partial charge in [0.1, 0.15) is 0 Å². The normalized spacial score (nSPS) is 10.3. The molecular weight excluding hydrogens is 266 g/mol. The number of hydrogen-bond donors (Lipinski definition) is 1. The number of rotatable bonds is 4. The molecule has 0 aliphatic carbocycles. The molecule has 0 bridgehead atoms. The number of nitrogens with one attached hydrogen (secondary N) is 1. The highest BCUT2D eigenvalue weighted by Crippen LogP contribution is 2.09. The minimum Gasteiger partial charge on any atom is -0.465 e. The number of hydrogen-bond acceptors (Lipinski definition) is 3. The van der Waals surface area contributed by atoms with E-state index >= 15 is 0 Å². The number of benzene rings is 2. The summed E-state index contributed by atoms with van der Waals surface area (Å²) in [6.45, 7) is 0. The van der Waals surface area contributed by atoms with Crippen LogP contribution in [0.25, 0.3) is 6.08 Å². The van der Waals surface area contributed by atoms with Gasteiger partial charge in [0, 0.05) is 11.8 Å². The summed E-state index contributed by atoms with van der Waals surface area (Å²) in [5.41, 5.74) is 1.93. The first-order chi connectivity index (χ1) is 10.2. The fraction of sp³-hybridized carbons (Fsp3) is 0.0588. The van der Waals surface area contributed by atoms with Crippen LogP contribution in [-0.2, 0) is 9.53 Å². The Kier molecular flexibility index (Phi) is 4.88. The van der Waals surface area contributed by atoms with Gasteiger partial charge in [0.25, 0.3) is 0 Å². The SMILES string of the molecule is COC(=O)c1cccc(/C=C/C(=O)Nc2ccccc2)c1. The number of esters is 1. The van der Waals surface area contributed by atoms with Crippen LogP contribution in [0.5, 0.6) is 0 Å². The summed E-state index contributed by atoms with van der Waals surface area (Å²) in [5.74, 6) is -0.636. The third-order valence-electron chi connectivity index (χ3n) is 2.78. The molecule has 106 valence electrons. The van der Waals surface area contributed by atoms with E-state index in [0.717, 1.165) is 11.3 Å². The van der Waals surface area contributed by atoms with E-state index in [1.165, 1.54) is 13.2 Å². The Hall–Kier alpha value is -2.88. The van der Waals surface area contributed by atoms with Gasteiger partial charge in [-0.15, -0.1) is 0 Å². The molecule has 2 aromatic carbocycles. The van der Waals surface area contributed by atoms with Gasteiger partial charge in [0.2, 0.25) is 5.91 Å². The first-order valence-corrected chi connectivity index (χ1v) is 6.41.